The summed E-state index contributed by atoms with van der Waals surface area (Å²) in [5.41, 5.74) is 0. The van der Waals surface area contributed by atoms with E-state index >= 15 is 0 Å². The van der Waals surface area contributed by atoms with Crippen LogP contribution in [0.15, 0.2) is 34.2 Å². The molecule has 0 fully saturated rings. The lowest BCUT2D eigenvalue weighted by Crippen LogP contribution is -1.61. The van der Waals surface area contributed by atoms with Gasteiger partial charge in [0.25, 0.3) is 0 Å². The molecule has 0 aromatic heterocycles. The maximum atomic E-state index is 4.13. The second-order valence-electron chi connectivity index (χ2n) is 1.52. The molecule has 0 atom stereocenters. The second-order valence-corrected chi connectivity index (χ2v) is 3.05. The van der Waals surface area contributed by atoms with Crippen LogP contribution in [0.4, 0.5) is 0 Å². The standard InChI is InChI=1S/C7H9BrS/c1-3-4-7(9)5-6(2)8/h3-5,9H,2H2,1H3/b4-3-,7-5+. The Kier molecular flexibility index (Phi) is 4.91. The Labute approximate surface area is 69.9 Å². The lowest BCUT2D eigenvalue weighted by molar-refractivity contribution is 1.71. The van der Waals surface area contributed by atoms with Crippen LogP contribution in [0.2, 0.25) is 0 Å². The summed E-state index contributed by atoms with van der Waals surface area (Å²) >= 11 is 7.32. The zero-order valence-electron chi connectivity index (χ0n) is 5.26. The van der Waals surface area contributed by atoms with Crippen molar-refractivity contribution in [2.24, 2.45) is 0 Å². The van der Waals surface area contributed by atoms with E-state index in [-0.39, 0.29) is 0 Å². The topological polar surface area (TPSA) is 0 Å². The van der Waals surface area contributed by atoms with E-state index in [2.05, 4.69) is 35.1 Å². The molecule has 0 bridgehead atoms. The van der Waals surface area contributed by atoms with Crippen LogP contribution in [0.25, 0.3) is 0 Å². The first-order valence-electron chi connectivity index (χ1n) is 2.54. The van der Waals surface area contributed by atoms with Crippen LogP contribution < -0.4 is 0 Å². The van der Waals surface area contributed by atoms with E-state index in [1.807, 2.05) is 25.2 Å². The molecule has 0 radical (unpaired) electrons. The third-order valence-corrected chi connectivity index (χ3v) is 1.15. The molecule has 0 heterocycles. The fourth-order valence-corrected chi connectivity index (χ4v) is 1.11. The van der Waals surface area contributed by atoms with Gasteiger partial charge in [-0.15, -0.1) is 12.6 Å². The van der Waals surface area contributed by atoms with Crippen LogP contribution in [0.1, 0.15) is 6.92 Å². The third-order valence-electron chi connectivity index (χ3n) is 0.642. The number of hydrogen-bond donors (Lipinski definition) is 1. The summed E-state index contributed by atoms with van der Waals surface area (Å²) in [6.07, 6.45) is 5.66. The lowest BCUT2D eigenvalue weighted by Gasteiger charge is -1.86. The predicted molar refractivity (Wildman–Crippen MR) is 50.0 cm³/mol. The van der Waals surface area contributed by atoms with Crippen molar-refractivity contribution in [3.63, 3.8) is 0 Å². The van der Waals surface area contributed by atoms with Crippen LogP contribution in [0, 0.1) is 0 Å². The highest BCUT2D eigenvalue weighted by atomic mass is 79.9. The highest BCUT2D eigenvalue weighted by Crippen LogP contribution is 2.10. The fourth-order valence-electron chi connectivity index (χ4n) is 0.379. The Morgan fingerprint density at radius 3 is 2.56 bits per heavy atom. The lowest BCUT2D eigenvalue weighted by atomic mass is 10.4. The zero-order chi connectivity index (χ0) is 7.28. The number of rotatable bonds is 2. The van der Waals surface area contributed by atoms with Crippen molar-refractivity contribution in [3.8, 4) is 0 Å². The van der Waals surface area contributed by atoms with Gasteiger partial charge in [0.15, 0.2) is 0 Å². The molecule has 0 N–H and O–H groups in total. The predicted octanol–water partition coefficient (Wildman–Crippen LogP) is 3.28. The van der Waals surface area contributed by atoms with Gasteiger partial charge in [0.2, 0.25) is 0 Å². The Morgan fingerprint density at radius 2 is 2.22 bits per heavy atom. The minimum absolute atomic E-state index is 0.839. The second kappa shape index (κ2) is 4.89. The molecule has 0 aromatic carbocycles. The Morgan fingerprint density at radius 1 is 1.67 bits per heavy atom. The molecule has 9 heavy (non-hydrogen) atoms. The third kappa shape index (κ3) is 5.93. The summed E-state index contributed by atoms with van der Waals surface area (Å²) in [6.45, 7) is 5.58. The van der Waals surface area contributed by atoms with Crippen LogP contribution in [0.5, 0.6) is 0 Å². The smallest absolute Gasteiger partial charge is 0.0114 e. The molecule has 0 saturated carbocycles. The van der Waals surface area contributed by atoms with Crippen molar-refractivity contribution in [1.82, 2.24) is 0 Å². The van der Waals surface area contributed by atoms with E-state index in [0.29, 0.717) is 0 Å². The molecule has 0 aliphatic carbocycles. The Bertz CT molecular complexity index is 156. The van der Waals surface area contributed by atoms with Gasteiger partial charge >= 0.3 is 0 Å². The van der Waals surface area contributed by atoms with Gasteiger partial charge in [-0.3, -0.25) is 0 Å². The molecule has 0 saturated heterocycles. The van der Waals surface area contributed by atoms with Gasteiger partial charge in [-0.25, -0.2) is 0 Å². The van der Waals surface area contributed by atoms with Crippen LogP contribution in [0.3, 0.4) is 0 Å². The summed E-state index contributed by atoms with van der Waals surface area (Å²) < 4.78 is 0.839. The molecule has 0 aliphatic heterocycles. The largest absolute Gasteiger partial charge is 0.143 e. The first-order chi connectivity index (χ1) is 4.16. The summed E-state index contributed by atoms with van der Waals surface area (Å²) in [5.74, 6) is 0. The quantitative estimate of drug-likeness (QED) is 0.519. The maximum absolute atomic E-state index is 4.13. The monoisotopic (exact) mass is 204 g/mol. The first-order valence-corrected chi connectivity index (χ1v) is 3.78. The molecule has 50 valence electrons. The van der Waals surface area contributed by atoms with Crippen LogP contribution in [-0.2, 0) is 0 Å². The molecule has 0 nitrogen and oxygen atoms in total. The first kappa shape index (κ1) is 9.05. The van der Waals surface area contributed by atoms with Gasteiger partial charge in [0.05, 0.1) is 0 Å². The van der Waals surface area contributed by atoms with Crippen molar-refractivity contribution in [2.75, 3.05) is 0 Å². The van der Waals surface area contributed by atoms with Crippen molar-refractivity contribution in [2.45, 2.75) is 6.92 Å². The molecule has 0 unspecified atom stereocenters. The van der Waals surface area contributed by atoms with Crippen molar-refractivity contribution in [3.05, 3.63) is 34.2 Å². The summed E-state index contributed by atoms with van der Waals surface area (Å²) in [6, 6.07) is 0. The SMILES string of the molecule is C=C(Br)/C=C(S)\C=C/C. The molecule has 0 rings (SSSR count). The van der Waals surface area contributed by atoms with Crippen molar-refractivity contribution in [1.29, 1.82) is 0 Å². The highest BCUT2D eigenvalue weighted by Gasteiger charge is 1.81. The van der Waals surface area contributed by atoms with Crippen LogP contribution >= 0.6 is 28.6 Å². The van der Waals surface area contributed by atoms with E-state index in [1.165, 1.54) is 0 Å². The Hall–Kier alpha value is 0.0500. The normalized spacial score (nSPS) is 12.6. The molecular formula is C7H9BrS. The van der Waals surface area contributed by atoms with Gasteiger partial charge < -0.3 is 0 Å². The van der Waals surface area contributed by atoms with Gasteiger partial charge in [-0.1, -0.05) is 34.7 Å². The molecule has 2 heteroatoms. The van der Waals surface area contributed by atoms with E-state index in [0.717, 1.165) is 9.39 Å². The molecule has 0 aliphatic rings. The summed E-state index contributed by atoms with van der Waals surface area (Å²) in [5, 5.41) is 0. The van der Waals surface area contributed by atoms with Gasteiger partial charge in [-0.2, -0.15) is 0 Å². The van der Waals surface area contributed by atoms with E-state index in [9.17, 15) is 0 Å². The molecule has 0 spiro atoms. The zero-order valence-corrected chi connectivity index (χ0v) is 7.74. The molecular weight excluding hydrogens is 196 g/mol. The number of allylic oxidation sites excluding steroid dienone is 4. The maximum Gasteiger partial charge on any atom is 0.0114 e. The average molecular weight is 205 g/mol. The summed E-state index contributed by atoms with van der Waals surface area (Å²) in [4.78, 5) is 0.902. The van der Waals surface area contributed by atoms with E-state index in [1.54, 1.807) is 0 Å². The number of hydrogen-bond acceptors (Lipinski definition) is 1. The fraction of sp³-hybridized carbons (Fsp3) is 0.143. The number of halogens is 1. The van der Waals surface area contributed by atoms with Crippen LogP contribution in [-0.4, -0.2) is 0 Å². The van der Waals surface area contributed by atoms with Gasteiger partial charge in [0, 0.05) is 9.39 Å². The van der Waals surface area contributed by atoms with Gasteiger partial charge in [-0.05, 0) is 13.0 Å². The van der Waals surface area contributed by atoms with Gasteiger partial charge in [0.1, 0.15) is 0 Å². The minimum Gasteiger partial charge on any atom is -0.143 e. The minimum atomic E-state index is 0.839. The summed E-state index contributed by atoms with van der Waals surface area (Å²) in [7, 11) is 0. The molecule has 0 amide bonds. The highest BCUT2D eigenvalue weighted by molar-refractivity contribution is 9.11. The average Bonchev–Trinajstić information content (AvgIpc) is 1.63. The Balaban J connectivity index is 4.00. The number of thiol groups is 1. The van der Waals surface area contributed by atoms with E-state index < -0.39 is 0 Å². The molecule has 0 aromatic rings. The van der Waals surface area contributed by atoms with Crippen molar-refractivity contribution >= 4 is 28.6 Å². The van der Waals surface area contributed by atoms with Crippen molar-refractivity contribution < 1.29 is 0 Å². The van der Waals surface area contributed by atoms with E-state index in [4.69, 9.17) is 0 Å².